The first-order valence-electron chi connectivity index (χ1n) is 8.16. The van der Waals surface area contributed by atoms with Crippen LogP contribution in [0.5, 0.6) is 0 Å². The molecule has 0 bridgehead atoms. The van der Waals surface area contributed by atoms with Crippen molar-refractivity contribution in [3.63, 3.8) is 0 Å². The molecule has 1 unspecified atom stereocenters. The number of aromatic amines is 1. The summed E-state index contributed by atoms with van der Waals surface area (Å²) < 4.78 is 25.8. The number of benzene rings is 1. The van der Waals surface area contributed by atoms with E-state index < -0.39 is 25.9 Å². The fourth-order valence-electron chi connectivity index (χ4n) is 3.23. The van der Waals surface area contributed by atoms with Crippen LogP contribution in [0.15, 0.2) is 36.8 Å². The molecule has 24 heavy (non-hydrogen) atoms. The number of hydrogen-bond acceptors (Lipinski definition) is 3. The zero-order chi connectivity index (χ0) is 16.9. The Morgan fingerprint density at radius 1 is 1.38 bits per heavy atom. The van der Waals surface area contributed by atoms with Crippen LogP contribution in [0, 0.1) is 0 Å². The van der Waals surface area contributed by atoms with Crippen LogP contribution < -0.4 is 26.4 Å². The third-order valence-corrected chi connectivity index (χ3v) is 6.17. The van der Waals surface area contributed by atoms with Gasteiger partial charge in [-0.05, 0) is 0 Å². The number of fused-ring (bicyclic) bond motifs is 1. The van der Waals surface area contributed by atoms with Gasteiger partial charge < -0.3 is 0 Å². The van der Waals surface area contributed by atoms with Gasteiger partial charge in [0.05, 0.1) is 0 Å². The summed E-state index contributed by atoms with van der Waals surface area (Å²) in [6.07, 6.45) is 5.54. The Morgan fingerprint density at radius 2 is 2.21 bits per heavy atom. The van der Waals surface area contributed by atoms with Crippen LogP contribution in [-0.2, 0) is 13.1 Å². The summed E-state index contributed by atoms with van der Waals surface area (Å²) in [5.74, 6) is 0. The van der Waals surface area contributed by atoms with Gasteiger partial charge >= 0.3 is 152 Å². The maximum absolute atomic E-state index is 13.0. The van der Waals surface area contributed by atoms with Gasteiger partial charge in [0.1, 0.15) is 0 Å². The first-order chi connectivity index (χ1) is 11.7. The molecule has 0 fully saturated rings. The van der Waals surface area contributed by atoms with Crippen LogP contribution in [0.1, 0.15) is 31.0 Å². The van der Waals surface area contributed by atoms with Gasteiger partial charge in [0, 0.05) is 0 Å². The molecule has 2 heterocycles. The number of imidazole rings is 1. The van der Waals surface area contributed by atoms with Crippen molar-refractivity contribution < 1.29 is 30.3 Å². The zero-order valence-electron chi connectivity index (χ0n) is 13.6. The van der Waals surface area contributed by atoms with Crippen LogP contribution in [0.3, 0.4) is 0 Å². The Kier molecular flexibility index (Phi) is 6.04. The van der Waals surface area contributed by atoms with Crippen molar-refractivity contribution in [2.45, 2.75) is 43.3 Å². The molecule has 132 valence electrons. The number of nitrogens with one attached hydrogen (secondary N) is 1. The van der Waals surface area contributed by atoms with E-state index in [-0.39, 0.29) is 6.04 Å². The van der Waals surface area contributed by atoms with Crippen LogP contribution in [-0.4, -0.2) is 30.1 Å². The van der Waals surface area contributed by atoms with E-state index in [2.05, 4.69) is 33.9 Å². The van der Waals surface area contributed by atoms with E-state index >= 15 is 0 Å². The molecule has 1 aliphatic rings. The first kappa shape index (κ1) is 17.6. The Balaban J connectivity index is 1.93. The molecule has 0 aliphatic carbocycles. The summed E-state index contributed by atoms with van der Waals surface area (Å²) in [7, 11) is 0. The van der Waals surface area contributed by atoms with Gasteiger partial charge in [-0.3, -0.25) is 0 Å². The van der Waals surface area contributed by atoms with Crippen molar-refractivity contribution in [2.24, 2.45) is 0 Å². The molecule has 0 saturated carbocycles. The van der Waals surface area contributed by atoms with Crippen molar-refractivity contribution in [3.8, 4) is 0 Å². The number of para-hydroxylation sites is 1. The summed E-state index contributed by atoms with van der Waals surface area (Å²) in [5, 5.41) is 0. The van der Waals surface area contributed by atoms with E-state index in [4.69, 9.17) is 0 Å². The second-order valence-corrected chi connectivity index (χ2v) is 8.79. The zero-order valence-corrected chi connectivity index (χ0v) is 15.8. The second-order valence-electron chi connectivity index (χ2n) is 5.92. The number of rotatable bonds is 6. The van der Waals surface area contributed by atoms with E-state index in [0.29, 0.717) is 13.1 Å². The topological polar surface area (TPSA) is 35.2 Å². The second kappa shape index (κ2) is 8.24. The minimum absolute atomic E-state index is 0.236. The van der Waals surface area contributed by atoms with Crippen LogP contribution in [0.2, 0.25) is 0 Å². The molecule has 0 radical (unpaired) electrons. The summed E-state index contributed by atoms with van der Waals surface area (Å²) in [6, 6.07) is 8.43. The number of H-pyrrole nitrogens is 1. The van der Waals surface area contributed by atoms with Gasteiger partial charge in [-0.1, -0.05) is 0 Å². The number of aromatic nitrogens is 2. The van der Waals surface area contributed by atoms with Crippen molar-refractivity contribution in [3.05, 3.63) is 48.0 Å². The molecule has 3 rings (SSSR count). The molecule has 0 amide bonds. The van der Waals surface area contributed by atoms with Crippen molar-refractivity contribution in [1.29, 1.82) is 0 Å². The Labute approximate surface area is 151 Å². The summed E-state index contributed by atoms with van der Waals surface area (Å²) >= 11 is -1.26. The van der Waals surface area contributed by atoms with Crippen LogP contribution in [0.4, 0.5) is 14.5 Å². The molecule has 1 aromatic heterocycles. The first-order valence-corrected chi connectivity index (χ1v) is 10.4. The van der Waals surface area contributed by atoms with Gasteiger partial charge in [0.25, 0.3) is 0 Å². The molecule has 1 aromatic carbocycles. The van der Waals surface area contributed by atoms with Crippen LogP contribution in [0.25, 0.3) is 0 Å². The standard InChI is InChI=1S/C17H22F2IN4/c1-2-5-15-11-23(20-17(18)19)9-13-6-3-4-7-16(13)24(15)10-14-8-21-12-22-14/h3-4,6-8,12,15,17H,2,5,9-11H2,1H3,(H,21,22)/q-1. The fraction of sp³-hybridized carbons (Fsp3) is 0.471. The monoisotopic (exact) mass is 447 g/mol. The van der Waals surface area contributed by atoms with Gasteiger partial charge in [-0.15, -0.1) is 0 Å². The molecule has 2 aromatic rings. The van der Waals surface area contributed by atoms with Crippen molar-refractivity contribution in [1.82, 2.24) is 13.1 Å². The van der Waals surface area contributed by atoms with Gasteiger partial charge in [-0.25, -0.2) is 0 Å². The number of halogens is 3. The molecular formula is C17H22F2IN4-. The number of alkyl halides is 3. The Bertz CT molecular complexity index is 635. The van der Waals surface area contributed by atoms with E-state index in [0.717, 1.165) is 36.3 Å². The van der Waals surface area contributed by atoms with Gasteiger partial charge in [0.15, 0.2) is 0 Å². The number of nitrogens with zero attached hydrogens (tertiary/aromatic N) is 3. The van der Waals surface area contributed by atoms with Crippen molar-refractivity contribution in [2.75, 3.05) is 11.4 Å². The molecule has 4 nitrogen and oxygen atoms in total. The summed E-state index contributed by atoms with van der Waals surface area (Å²) in [6.45, 7) is 4.20. The summed E-state index contributed by atoms with van der Waals surface area (Å²) in [5.41, 5.74) is 3.34. The molecule has 1 N–H and O–H groups in total. The molecule has 1 atom stereocenters. The number of hydrogen-bond donors (Lipinski definition) is 1. The average Bonchev–Trinajstić information content (AvgIpc) is 3.01. The maximum atomic E-state index is 13.0. The average molecular weight is 447 g/mol. The predicted octanol–water partition coefficient (Wildman–Crippen LogP) is 0.627. The molecular weight excluding hydrogens is 425 g/mol. The number of anilines is 1. The predicted molar refractivity (Wildman–Crippen MR) is 86.3 cm³/mol. The van der Waals surface area contributed by atoms with E-state index in [1.165, 1.54) is 0 Å². The Hall–Kier alpha value is -1.22. The fourth-order valence-corrected chi connectivity index (χ4v) is 5.07. The molecule has 0 spiro atoms. The third-order valence-electron chi connectivity index (χ3n) is 4.22. The Morgan fingerprint density at radius 3 is 2.92 bits per heavy atom. The molecule has 1 aliphatic heterocycles. The van der Waals surface area contributed by atoms with E-state index in [9.17, 15) is 8.78 Å². The molecule has 0 saturated heterocycles. The normalized spacial score (nSPS) is 18.8. The molecule has 7 heteroatoms. The quantitative estimate of drug-likeness (QED) is 0.401. The minimum atomic E-state index is -2.20. The van der Waals surface area contributed by atoms with Crippen LogP contribution >= 0.6 is 0 Å². The van der Waals surface area contributed by atoms with Gasteiger partial charge in [0.2, 0.25) is 0 Å². The third kappa shape index (κ3) is 4.24. The van der Waals surface area contributed by atoms with E-state index in [1.54, 1.807) is 6.33 Å². The van der Waals surface area contributed by atoms with Crippen molar-refractivity contribution >= 4 is 5.69 Å². The summed E-state index contributed by atoms with van der Waals surface area (Å²) in [4.78, 5) is 9.63. The van der Waals surface area contributed by atoms with E-state index in [1.807, 2.05) is 21.4 Å². The van der Waals surface area contributed by atoms with Gasteiger partial charge in [-0.2, -0.15) is 0 Å². The SMILES string of the molecule is CCCC1CN([I-]C(F)F)Cc2ccccc2N1Cc1cnc[nH]1.